The minimum Gasteiger partial charge on any atom is -0.481 e. The monoisotopic (exact) mass is 317 g/mol. The molecule has 0 saturated carbocycles. The molecule has 5 nitrogen and oxygen atoms in total. The average molecular weight is 317 g/mol. The Bertz CT molecular complexity index is 577. The number of ether oxygens (including phenoxy) is 1. The van der Waals surface area contributed by atoms with E-state index in [-0.39, 0.29) is 18.6 Å². The van der Waals surface area contributed by atoms with Crippen LogP contribution in [0.2, 0.25) is 0 Å². The van der Waals surface area contributed by atoms with Crippen LogP contribution in [-0.4, -0.2) is 29.8 Å². The molecule has 0 heterocycles. The van der Waals surface area contributed by atoms with Crippen LogP contribution in [0, 0.1) is 17.5 Å². The maximum absolute atomic E-state index is 13.6. The summed E-state index contributed by atoms with van der Waals surface area (Å²) in [4.78, 5) is 22.2. The number of carbonyl (C=O) groups is 2. The molecule has 0 saturated heterocycles. The standard InChI is InChI=1S/C14H14F3NO4/c1-2-3-22-14(21)18-9(6-13(19)20)4-8-5-11(16)12(17)7-10(8)15/h2,5,7,9H,1,3-4,6H2,(H,18,21)(H,19,20). The summed E-state index contributed by atoms with van der Waals surface area (Å²) in [7, 11) is 0. The number of rotatable bonds is 7. The Hall–Kier alpha value is -2.51. The highest BCUT2D eigenvalue weighted by Gasteiger charge is 2.20. The van der Waals surface area contributed by atoms with E-state index in [1.807, 2.05) is 0 Å². The minimum absolute atomic E-state index is 0.0921. The molecule has 0 spiro atoms. The fourth-order valence-corrected chi connectivity index (χ4v) is 1.71. The van der Waals surface area contributed by atoms with Crippen molar-refractivity contribution in [3.63, 3.8) is 0 Å². The zero-order chi connectivity index (χ0) is 16.7. The molecule has 1 rings (SSSR count). The number of hydrogen-bond donors (Lipinski definition) is 2. The van der Waals surface area contributed by atoms with Gasteiger partial charge in [0, 0.05) is 12.1 Å². The third-order valence-electron chi connectivity index (χ3n) is 2.63. The van der Waals surface area contributed by atoms with Gasteiger partial charge in [0.15, 0.2) is 11.6 Å². The lowest BCUT2D eigenvalue weighted by Crippen LogP contribution is -2.38. The Morgan fingerprint density at radius 3 is 2.50 bits per heavy atom. The molecule has 0 aromatic heterocycles. The zero-order valence-corrected chi connectivity index (χ0v) is 11.4. The SMILES string of the molecule is C=CCOC(=O)NC(CC(=O)O)Cc1cc(F)c(F)cc1F. The number of nitrogens with one attached hydrogen (secondary N) is 1. The van der Waals surface area contributed by atoms with Crippen LogP contribution in [-0.2, 0) is 16.0 Å². The van der Waals surface area contributed by atoms with E-state index in [0.29, 0.717) is 12.1 Å². The van der Waals surface area contributed by atoms with Crippen LogP contribution in [0.3, 0.4) is 0 Å². The molecule has 0 fully saturated rings. The van der Waals surface area contributed by atoms with Crippen molar-refractivity contribution in [2.24, 2.45) is 0 Å². The summed E-state index contributed by atoms with van der Waals surface area (Å²) in [6, 6.07) is -0.0661. The number of carbonyl (C=O) groups excluding carboxylic acids is 1. The Morgan fingerprint density at radius 2 is 1.91 bits per heavy atom. The molecule has 8 heteroatoms. The molecule has 0 aliphatic rings. The molecule has 0 aliphatic heterocycles. The highest BCUT2D eigenvalue weighted by molar-refractivity contribution is 5.71. The Labute approximate surface area is 124 Å². The van der Waals surface area contributed by atoms with Gasteiger partial charge >= 0.3 is 12.1 Å². The quantitative estimate of drug-likeness (QED) is 0.598. The lowest BCUT2D eigenvalue weighted by atomic mass is 10.0. The van der Waals surface area contributed by atoms with Gasteiger partial charge in [-0.25, -0.2) is 18.0 Å². The van der Waals surface area contributed by atoms with Crippen LogP contribution in [0.4, 0.5) is 18.0 Å². The van der Waals surface area contributed by atoms with Gasteiger partial charge in [-0.05, 0) is 18.1 Å². The summed E-state index contributed by atoms with van der Waals surface area (Å²) in [6.07, 6.45) is -0.491. The molecule has 1 atom stereocenters. The van der Waals surface area contributed by atoms with Crippen molar-refractivity contribution in [2.75, 3.05) is 6.61 Å². The van der Waals surface area contributed by atoms with E-state index in [2.05, 4.69) is 16.6 Å². The van der Waals surface area contributed by atoms with Crippen LogP contribution in [0.25, 0.3) is 0 Å². The lowest BCUT2D eigenvalue weighted by Gasteiger charge is -2.17. The van der Waals surface area contributed by atoms with E-state index >= 15 is 0 Å². The van der Waals surface area contributed by atoms with Crippen molar-refractivity contribution >= 4 is 12.1 Å². The fraction of sp³-hybridized carbons (Fsp3) is 0.286. The molecule has 0 radical (unpaired) electrons. The van der Waals surface area contributed by atoms with E-state index in [0.717, 1.165) is 0 Å². The largest absolute Gasteiger partial charge is 0.481 e. The molecule has 0 aliphatic carbocycles. The minimum atomic E-state index is -1.35. The maximum Gasteiger partial charge on any atom is 0.407 e. The Morgan fingerprint density at radius 1 is 1.27 bits per heavy atom. The predicted octanol–water partition coefficient (Wildman–Crippen LogP) is 2.40. The van der Waals surface area contributed by atoms with Crippen molar-refractivity contribution in [2.45, 2.75) is 18.9 Å². The van der Waals surface area contributed by atoms with Gasteiger partial charge in [0.1, 0.15) is 12.4 Å². The summed E-state index contributed by atoms with van der Waals surface area (Å²) in [5.74, 6) is -4.90. The van der Waals surface area contributed by atoms with E-state index in [4.69, 9.17) is 5.11 Å². The number of amides is 1. The number of halogens is 3. The van der Waals surface area contributed by atoms with Crippen molar-refractivity contribution in [3.05, 3.63) is 47.8 Å². The van der Waals surface area contributed by atoms with Crippen LogP contribution < -0.4 is 5.32 Å². The van der Waals surface area contributed by atoms with Crippen LogP contribution in [0.15, 0.2) is 24.8 Å². The van der Waals surface area contributed by atoms with E-state index in [1.54, 1.807) is 0 Å². The first kappa shape index (κ1) is 17.5. The lowest BCUT2D eigenvalue weighted by molar-refractivity contribution is -0.137. The van der Waals surface area contributed by atoms with Crippen molar-refractivity contribution in [3.8, 4) is 0 Å². The van der Waals surface area contributed by atoms with Gasteiger partial charge < -0.3 is 15.2 Å². The molecule has 22 heavy (non-hydrogen) atoms. The van der Waals surface area contributed by atoms with E-state index < -0.39 is 42.0 Å². The topological polar surface area (TPSA) is 75.6 Å². The summed E-state index contributed by atoms with van der Waals surface area (Å²) in [6.45, 7) is 3.24. The predicted molar refractivity (Wildman–Crippen MR) is 70.7 cm³/mol. The Balaban J connectivity index is 2.84. The third-order valence-corrected chi connectivity index (χ3v) is 2.63. The number of alkyl carbamates (subject to hydrolysis) is 1. The molecule has 2 N–H and O–H groups in total. The highest BCUT2D eigenvalue weighted by atomic mass is 19.2. The van der Waals surface area contributed by atoms with Gasteiger partial charge in [0.05, 0.1) is 6.42 Å². The second-order valence-electron chi connectivity index (χ2n) is 4.39. The molecule has 120 valence electrons. The molecule has 1 aromatic rings. The molecule has 1 unspecified atom stereocenters. The van der Waals surface area contributed by atoms with Crippen LogP contribution in [0.1, 0.15) is 12.0 Å². The smallest absolute Gasteiger partial charge is 0.407 e. The second kappa shape index (κ2) is 8.06. The molecular formula is C14H14F3NO4. The molecular weight excluding hydrogens is 303 g/mol. The van der Waals surface area contributed by atoms with Gasteiger partial charge in [0.2, 0.25) is 0 Å². The summed E-state index contributed by atoms with van der Waals surface area (Å²) < 4.78 is 44.2. The number of carboxylic acid groups (broad SMARTS) is 1. The van der Waals surface area contributed by atoms with Gasteiger partial charge in [-0.2, -0.15) is 0 Å². The highest BCUT2D eigenvalue weighted by Crippen LogP contribution is 2.16. The first-order valence-electron chi connectivity index (χ1n) is 6.23. The number of benzene rings is 1. The zero-order valence-electron chi connectivity index (χ0n) is 11.4. The van der Waals surface area contributed by atoms with Gasteiger partial charge in [-0.3, -0.25) is 4.79 Å². The summed E-state index contributed by atoms with van der Waals surface area (Å²) in [5.41, 5.74) is -0.255. The molecule has 1 amide bonds. The van der Waals surface area contributed by atoms with Crippen LogP contribution >= 0.6 is 0 Å². The van der Waals surface area contributed by atoms with Crippen molar-refractivity contribution < 1.29 is 32.6 Å². The van der Waals surface area contributed by atoms with Gasteiger partial charge in [-0.1, -0.05) is 12.7 Å². The Kier molecular flexibility index (Phi) is 6.43. The van der Waals surface area contributed by atoms with E-state index in [1.165, 1.54) is 6.08 Å². The second-order valence-corrected chi connectivity index (χ2v) is 4.39. The summed E-state index contributed by atoms with van der Waals surface area (Å²) in [5, 5.41) is 11.0. The molecule has 0 bridgehead atoms. The first-order chi connectivity index (χ1) is 10.3. The first-order valence-corrected chi connectivity index (χ1v) is 6.23. The van der Waals surface area contributed by atoms with Crippen molar-refractivity contribution in [1.82, 2.24) is 5.32 Å². The molecule has 1 aromatic carbocycles. The van der Waals surface area contributed by atoms with Crippen LogP contribution in [0.5, 0.6) is 0 Å². The number of aliphatic carboxylic acids is 1. The normalized spacial score (nSPS) is 11.6. The van der Waals surface area contributed by atoms with E-state index in [9.17, 15) is 22.8 Å². The number of carboxylic acids is 1. The number of hydrogen-bond acceptors (Lipinski definition) is 3. The maximum atomic E-state index is 13.6. The average Bonchev–Trinajstić information content (AvgIpc) is 2.41. The van der Waals surface area contributed by atoms with Crippen molar-refractivity contribution in [1.29, 1.82) is 0 Å². The fourth-order valence-electron chi connectivity index (χ4n) is 1.71. The van der Waals surface area contributed by atoms with Gasteiger partial charge in [-0.15, -0.1) is 0 Å². The van der Waals surface area contributed by atoms with Gasteiger partial charge in [0.25, 0.3) is 0 Å². The summed E-state index contributed by atoms with van der Waals surface area (Å²) >= 11 is 0. The third kappa shape index (κ3) is 5.47.